The van der Waals surface area contributed by atoms with Gasteiger partial charge < -0.3 is 15.3 Å². The van der Waals surface area contributed by atoms with Gasteiger partial charge >= 0.3 is 0 Å². The standard InChI is InChI=1S/C4H9NO3/c6-2-1-5-4(8)3(2)7/h2-8H,1H2/t2-,3+,4+/m0/s1. The zero-order valence-electron chi connectivity index (χ0n) is 4.28. The van der Waals surface area contributed by atoms with E-state index < -0.39 is 18.4 Å². The third-order valence-electron chi connectivity index (χ3n) is 1.25. The molecule has 0 radical (unpaired) electrons. The molecule has 0 aromatic heterocycles. The van der Waals surface area contributed by atoms with Crippen LogP contribution in [0, 0.1) is 0 Å². The van der Waals surface area contributed by atoms with Gasteiger partial charge in [-0.3, -0.25) is 5.32 Å². The minimum absolute atomic E-state index is 0.266. The van der Waals surface area contributed by atoms with Crippen molar-refractivity contribution in [3.63, 3.8) is 0 Å². The predicted octanol–water partition coefficient (Wildman–Crippen LogP) is -2.37. The van der Waals surface area contributed by atoms with Gasteiger partial charge in [0.2, 0.25) is 0 Å². The van der Waals surface area contributed by atoms with E-state index in [-0.39, 0.29) is 6.54 Å². The fraction of sp³-hybridized carbons (Fsp3) is 1.00. The third kappa shape index (κ3) is 0.830. The number of rotatable bonds is 0. The lowest BCUT2D eigenvalue weighted by molar-refractivity contribution is -0.0208. The number of nitrogens with one attached hydrogen (secondary N) is 1. The van der Waals surface area contributed by atoms with Crippen molar-refractivity contribution < 1.29 is 15.3 Å². The molecule has 0 aromatic carbocycles. The molecule has 0 aromatic rings. The Kier molecular flexibility index (Phi) is 1.48. The molecular formula is C4H9NO3. The maximum Gasteiger partial charge on any atom is 0.133 e. The molecule has 1 saturated heterocycles. The highest BCUT2D eigenvalue weighted by molar-refractivity contribution is 4.82. The summed E-state index contributed by atoms with van der Waals surface area (Å²) in [5, 5.41) is 28.5. The molecule has 4 heteroatoms. The Balaban J connectivity index is 2.44. The average Bonchev–Trinajstić information content (AvgIpc) is 1.98. The molecule has 1 heterocycles. The Hall–Kier alpha value is -0.160. The molecule has 0 amide bonds. The van der Waals surface area contributed by atoms with Gasteiger partial charge in [0.1, 0.15) is 12.3 Å². The van der Waals surface area contributed by atoms with Crippen LogP contribution in [0.4, 0.5) is 0 Å². The second kappa shape index (κ2) is 1.99. The van der Waals surface area contributed by atoms with Crippen LogP contribution in [0.2, 0.25) is 0 Å². The Morgan fingerprint density at radius 3 is 2.00 bits per heavy atom. The van der Waals surface area contributed by atoms with Crippen LogP contribution < -0.4 is 5.32 Å². The predicted molar refractivity (Wildman–Crippen MR) is 26.0 cm³/mol. The highest BCUT2D eigenvalue weighted by Gasteiger charge is 2.30. The fourth-order valence-corrected chi connectivity index (χ4v) is 0.693. The molecule has 1 aliphatic rings. The van der Waals surface area contributed by atoms with E-state index in [0.29, 0.717) is 0 Å². The van der Waals surface area contributed by atoms with Gasteiger partial charge in [-0.1, -0.05) is 0 Å². The van der Waals surface area contributed by atoms with E-state index >= 15 is 0 Å². The van der Waals surface area contributed by atoms with Crippen molar-refractivity contribution >= 4 is 0 Å². The second-order valence-electron chi connectivity index (χ2n) is 1.91. The van der Waals surface area contributed by atoms with Crippen LogP contribution in [0.3, 0.4) is 0 Å². The van der Waals surface area contributed by atoms with Crippen LogP contribution in [0.15, 0.2) is 0 Å². The van der Waals surface area contributed by atoms with Gasteiger partial charge in [0.15, 0.2) is 0 Å². The van der Waals surface area contributed by atoms with Gasteiger partial charge in [-0.2, -0.15) is 0 Å². The second-order valence-corrected chi connectivity index (χ2v) is 1.91. The summed E-state index contributed by atoms with van der Waals surface area (Å²) >= 11 is 0. The monoisotopic (exact) mass is 119 g/mol. The molecule has 1 rings (SSSR count). The van der Waals surface area contributed by atoms with Crippen LogP contribution >= 0.6 is 0 Å². The zero-order valence-corrected chi connectivity index (χ0v) is 4.28. The first-order valence-corrected chi connectivity index (χ1v) is 2.49. The fourth-order valence-electron chi connectivity index (χ4n) is 0.693. The molecule has 8 heavy (non-hydrogen) atoms. The van der Waals surface area contributed by atoms with E-state index in [0.717, 1.165) is 0 Å². The Bertz CT molecular complexity index is 77.4. The zero-order chi connectivity index (χ0) is 6.15. The summed E-state index contributed by atoms with van der Waals surface area (Å²) in [6.45, 7) is 0.266. The minimum atomic E-state index is -1.02. The normalized spacial score (nSPS) is 47.6. The molecule has 1 fully saturated rings. The molecule has 1 aliphatic heterocycles. The van der Waals surface area contributed by atoms with Crippen molar-refractivity contribution in [2.24, 2.45) is 0 Å². The smallest absolute Gasteiger partial charge is 0.133 e. The van der Waals surface area contributed by atoms with E-state index in [4.69, 9.17) is 15.3 Å². The lowest BCUT2D eigenvalue weighted by Crippen LogP contribution is -2.32. The quantitative estimate of drug-likeness (QED) is 0.287. The van der Waals surface area contributed by atoms with E-state index in [1.54, 1.807) is 0 Å². The van der Waals surface area contributed by atoms with Crippen LogP contribution in [0.1, 0.15) is 0 Å². The summed E-state index contributed by atoms with van der Waals surface area (Å²) in [4.78, 5) is 0. The van der Waals surface area contributed by atoms with E-state index in [2.05, 4.69) is 5.32 Å². The molecule has 0 aliphatic carbocycles. The summed E-state index contributed by atoms with van der Waals surface area (Å²) in [7, 11) is 0. The highest BCUT2D eigenvalue weighted by Crippen LogP contribution is 2.03. The summed E-state index contributed by atoms with van der Waals surface area (Å²) in [5.74, 6) is 0. The summed E-state index contributed by atoms with van der Waals surface area (Å²) in [6, 6.07) is 0. The van der Waals surface area contributed by atoms with Gasteiger partial charge in [0, 0.05) is 6.54 Å². The van der Waals surface area contributed by atoms with Gasteiger partial charge in [-0.25, -0.2) is 0 Å². The van der Waals surface area contributed by atoms with E-state index in [1.807, 2.05) is 0 Å². The Morgan fingerprint density at radius 2 is 1.88 bits per heavy atom. The first-order chi connectivity index (χ1) is 3.72. The van der Waals surface area contributed by atoms with Crippen LogP contribution in [-0.4, -0.2) is 40.3 Å². The van der Waals surface area contributed by atoms with Crippen molar-refractivity contribution in [3.05, 3.63) is 0 Å². The van der Waals surface area contributed by atoms with Crippen LogP contribution in [-0.2, 0) is 0 Å². The molecule has 0 bridgehead atoms. The molecule has 4 nitrogen and oxygen atoms in total. The number of hydrogen-bond donors (Lipinski definition) is 4. The van der Waals surface area contributed by atoms with Crippen molar-refractivity contribution in [2.75, 3.05) is 6.54 Å². The highest BCUT2D eigenvalue weighted by atomic mass is 16.4. The first-order valence-electron chi connectivity index (χ1n) is 2.49. The Labute approximate surface area is 46.8 Å². The van der Waals surface area contributed by atoms with Crippen molar-refractivity contribution in [2.45, 2.75) is 18.4 Å². The lowest BCUT2D eigenvalue weighted by atomic mass is 10.2. The van der Waals surface area contributed by atoms with Crippen LogP contribution in [0.25, 0.3) is 0 Å². The van der Waals surface area contributed by atoms with E-state index in [9.17, 15) is 0 Å². The first kappa shape index (κ1) is 5.97. The topological polar surface area (TPSA) is 72.7 Å². The number of β-amino-alcohol motifs (C(OH)–C–C–N with tert-alkyl or cyclic N) is 1. The molecule has 48 valence electrons. The molecule has 0 spiro atoms. The molecular weight excluding hydrogens is 110 g/mol. The number of hydrogen-bond acceptors (Lipinski definition) is 4. The lowest BCUT2D eigenvalue weighted by Gasteiger charge is -2.07. The number of aliphatic hydroxyl groups excluding tert-OH is 3. The molecule has 0 unspecified atom stereocenters. The van der Waals surface area contributed by atoms with Gasteiger partial charge in [-0.15, -0.1) is 0 Å². The van der Waals surface area contributed by atoms with Gasteiger partial charge in [0.25, 0.3) is 0 Å². The SMILES string of the molecule is O[C@@H]1[C@@H](O)CN[C@@H]1O. The summed E-state index contributed by atoms with van der Waals surface area (Å²) < 4.78 is 0. The third-order valence-corrected chi connectivity index (χ3v) is 1.25. The van der Waals surface area contributed by atoms with Gasteiger partial charge in [-0.05, 0) is 0 Å². The molecule has 0 saturated carbocycles. The van der Waals surface area contributed by atoms with Gasteiger partial charge in [0.05, 0.1) is 6.10 Å². The van der Waals surface area contributed by atoms with Crippen molar-refractivity contribution in [3.8, 4) is 0 Å². The van der Waals surface area contributed by atoms with E-state index in [1.165, 1.54) is 0 Å². The van der Waals surface area contributed by atoms with Crippen molar-refractivity contribution in [1.29, 1.82) is 0 Å². The maximum atomic E-state index is 8.70. The van der Waals surface area contributed by atoms with Crippen molar-refractivity contribution in [1.82, 2.24) is 5.32 Å². The maximum absolute atomic E-state index is 8.70. The largest absolute Gasteiger partial charge is 0.389 e. The minimum Gasteiger partial charge on any atom is -0.389 e. The number of aliphatic hydroxyl groups is 3. The van der Waals surface area contributed by atoms with Crippen LogP contribution in [0.5, 0.6) is 0 Å². The molecule has 3 atom stereocenters. The summed E-state index contributed by atoms with van der Waals surface area (Å²) in [5.41, 5.74) is 0. The Morgan fingerprint density at radius 1 is 1.25 bits per heavy atom. The molecule has 4 N–H and O–H groups in total. The summed E-state index contributed by atoms with van der Waals surface area (Å²) in [6.07, 6.45) is -2.79. The average molecular weight is 119 g/mol.